The van der Waals surface area contributed by atoms with Gasteiger partial charge in [0.25, 0.3) is 0 Å². The van der Waals surface area contributed by atoms with Gasteiger partial charge in [0, 0.05) is 10.9 Å². The second kappa shape index (κ2) is 8.16. The van der Waals surface area contributed by atoms with E-state index in [1.165, 1.54) is 0 Å². The molecule has 5 heteroatoms. The van der Waals surface area contributed by atoms with Gasteiger partial charge in [-0.25, -0.2) is 5.43 Å². The van der Waals surface area contributed by atoms with Crippen LogP contribution in [0, 0.1) is 0 Å². The lowest BCUT2D eigenvalue weighted by molar-refractivity contribution is -0.120. The smallest absolute Gasteiger partial charge is 0.244 e. The Morgan fingerprint density at radius 3 is 2.38 bits per heavy atom. The van der Waals surface area contributed by atoms with Crippen molar-refractivity contribution in [2.45, 2.75) is 6.42 Å². The van der Waals surface area contributed by atoms with Gasteiger partial charge in [0.05, 0.1) is 26.9 Å². The fourth-order valence-electron chi connectivity index (χ4n) is 2.73. The van der Waals surface area contributed by atoms with Gasteiger partial charge in [-0.3, -0.25) is 4.79 Å². The molecule has 0 aromatic heterocycles. The van der Waals surface area contributed by atoms with Crippen LogP contribution in [0.2, 0.25) is 0 Å². The standard InChI is InChI=1S/C21H20N2O3/c1-25-17-10-7-15(8-11-17)13-21(24)23-22-14-16-9-12-20(26-2)19-6-4-3-5-18(16)19/h3-12,14H,13H2,1-2H3,(H,23,24). The van der Waals surface area contributed by atoms with E-state index in [0.29, 0.717) is 0 Å². The molecule has 0 aliphatic rings. The summed E-state index contributed by atoms with van der Waals surface area (Å²) < 4.78 is 10.5. The van der Waals surface area contributed by atoms with Crippen molar-refractivity contribution in [3.05, 3.63) is 71.8 Å². The second-order valence-electron chi connectivity index (χ2n) is 5.72. The molecule has 1 N–H and O–H groups in total. The molecule has 0 heterocycles. The van der Waals surface area contributed by atoms with E-state index < -0.39 is 0 Å². The molecule has 5 nitrogen and oxygen atoms in total. The van der Waals surface area contributed by atoms with Gasteiger partial charge in [-0.1, -0.05) is 36.4 Å². The maximum absolute atomic E-state index is 12.0. The zero-order valence-corrected chi connectivity index (χ0v) is 14.7. The van der Waals surface area contributed by atoms with Crippen LogP contribution in [0.25, 0.3) is 10.8 Å². The number of benzene rings is 3. The highest BCUT2D eigenvalue weighted by Crippen LogP contribution is 2.27. The van der Waals surface area contributed by atoms with Crippen molar-refractivity contribution in [3.8, 4) is 11.5 Å². The zero-order chi connectivity index (χ0) is 18.4. The number of carbonyl (C=O) groups excluding carboxylic acids is 1. The van der Waals surface area contributed by atoms with Crippen LogP contribution in [0.3, 0.4) is 0 Å². The topological polar surface area (TPSA) is 59.9 Å². The molecule has 0 spiro atoms. The predicted octanol–water partition coefficient (Wildman–Crippen LogP) is 3.55. The molecule has 3 rings (SSSR count). The minimum Gasteiger partial charge on any atom is -0.497 e. The number of hydrogen-bond donors (Lipinski definition) is 1. The molecular weight excluding hydrogens is 328 g/mol. The Labute approximate surface area is 152 Å². The first kappa shape index (κ1) is 17.5. The first-order chi connectivity index (χ1) is 12.7. The van der Waals surface area contributed by atoms with Crippen molar-refractivity contribution < 1.29 is 14.3 Å². The van der Waals surface area contributed by atoms with Gasteiger partial charge >= 0.3 is 0 Å². The number of methoxy groups -OCH3 is 2. The van der Waals surface area contributed by atoms with Crippen LogP contribution < -0.4 is 14.9 Å². The number of carbonyl (C=O) groups is 1. The van der Waals surface area contributed by atoms with E-state index in [4.69, 9.17) is 9.47 Å². The number of nitrogens with zero attached hydrogens (tertiary/aromatic N) is 1. The number of hydrogen-bond acceptors (Lipinski definition) is 4. The molecular formula is C21H20N2O3. The van der Waals surface area contributed by atoms with Gasteiger partial charge in [0.2, 0.25) is 5.91 Å². The Kier molecular flexibility index (Phi) is 5.49. The molecule has 0 saturated carbocycles. The summed E-state index contributed by atoms with van der Waals surface area (Å²) in [5.74, 6) is 1.39. The van der Waals surface area contributed by atoms with E-state index in [2.05, 4.69) is 10.5 Å². The third-order valence-corrected chi connectivity index (χ3v) is 4.05. The highest BCUT2D eigenvalue weighted by molar-refractivity contribution is 6.02. The highest BCUT2D eigenvalue weighted by Gasteiger charge is 2.05. The second-order valence-corrected chi connectivity index (χ2v) is 5.72. The first-order valence-electron chi connectivity index (χ1n) is 8.22. The van der Waals surface area contributed by atoms with Crippen LogP contribution in [-0.4, -0.2) is 26.3 Å². The van der Waals surface area contributed by atoms with Gasteiger partial charge in [-0.2, -0.15) is 5.10 Å². The number of ether oxygens (including phenoxy) is 2. The third kappa shape index (κ3) is 4.00. The summed E-state index contributed by atoms with van der Waals surface area (Å²) in [7, 11) is 3.26. The molecule has 3 aromatic carbocycles. The number of fused-ring (bicyclic) bond motifs is 1. The molecule has 132 valence electrons. The SMILES string of the molecule is COc1ccc(CC(=O)NN=Cc2ccc(OC)c3ccccc23)cc1. The molecule has 1 amide bonds. The van der Waals surface area contributed by atoms with Crippen LogP contribution in [0.15, 0.2) is 65.8 Å². The molecule has 0 unspecified atom stereocenters. The molecule has 0 saturated heterocycles. The van der Waals surface area contributed by atoms with E-state index in [1.807, 2.05) is 60.7 Å². The lowest BCUT2D eigenvalue weighted by Gasteiger charge is -2.07. The van der Waals surface area contributed by atoms with Crippen LogP contribution in [0.5, 0.6) is 11.5 Å². The largest absolute Gasteiger partial charge is 0.497 e. The summed E-state index contributed by atoms with van der Waals surface area (Å²) in [4.78, 5) is 12.0. The fourth-order valence-corrected chi connectivity index (χ4v) is 2.73. The van der Waals surface area contributed by atoms with Crippen molar-refractivity contribution in [1.82, 2.24) is 5.43 Å². The molecule has 0 bridgehead atoms. The van der Waals surface area contributed by atoms with Crippen molar-refractivity contribution in [3.63, 3.8) is 0 Å². The van der Waals surface area contributed by atoms with E-state index in [1.54, 1.807) is 20.4 Å². The van der Waals surface area contributed by atoms with Gasteiger partial charge in [-0.15, -0.1) is 0 Å². The number of nitrogens with one attached hydrogen (secondary N) is 1. The molecule has 0 aliphatic heterocycles. The summed E-state index contributed by atoms with van der Waals surface area (Å²) >= 11 is 0. The predicted molar refractivity (Wildman–Crippen MR) is 103 cm³/mol. The Bertz CT molecular complexity index is 934. The zero-order valence-electron chi connectivity index (χ0n) is 14.7. The van der Waals surface area contributed by atoms with Gasteiger partial charge in [0.1, 0.15) is 11.5 Å². The molecule has 0 aliphatic carbocycles. The normalized spacial score (nSPS) is 10.8. The lowest BCUT2D eigenvalue weighted by Crippen LogP contribution is -2.19. The van der Waals surface area contributed by atoms with Crippen LogP contribution in [0.1, 0.15) is 11.1 Å². The van der Waals surface area contributed by atoms with Gasteiger partial charge in [-0.05, 0) is 35.2 Å². The quantitative estimate of drug-likeness (QED) is 0.547. The van der Waals surface area contributed by atoms with Crippen molar-refractivity contribution in [2.75, 3.05) is 14.2 Å². The number of hydrazone groups is 1. The minimum absolute atomic E-state index is 0.177. The molecule has 0 atom stereocenters. The van der Waals surface area contributed by atoms with Crippen molar-refractivity contribution in [2.24, 2.45) is 5.10 Å². The monoisotopic (exact) mass is 348 g/mol. The lowest BCUT2D eigenvalue weighted by atomic mass is 10.0. The Morgan fingerprint density at radius 1 is 0.962 bits per heavy atom. The van der Waals surface area contributed by atoms with Crippen molar-refractivity contribution >= 4 is 22.9 Å². The molecule has 0 radical (unpaired) electrons. The number of rotatable bonds is 6. The minimum atomic E-state index is -0.177. The summed E-state index contributed by atoms with van der Waals surface area (Å²) in [6.07, 6.45) is 1.90. The van der Waals surface area contributed by atoms with Crippen LogP contribution >= 0.6 is 0 Å². The van der Waals surface area contributed by atoms with Gasteiger partial charge < -0.3 is 9.47 Å². The summed E-state index contributed by atoms with van der Waals surface area (Å²) in [5.41, 5.74) is 4.37. The Morgan fingerprint density at radius 2 is 1.69 bits per heavy atom. The van der Waals surface area contributed by atoms with Crippen molar-refractivity contribution in [1.29, 1.82) is 0 Å². The fraction of sp³-hybridized carbons (Fsp3) is 0.143. The summed E-state index contributed by atoms with van der Waals surface area (Å²) in [6, 6.07) is 19.1. The maximum Gasteiger partial charge on any atom is 0.244 e. The average Bonchev–Trinajstić information content (AvgIpc) is 2.68. The Hall–Kier alpha value is -3.34. The molecule has 0 fully saturated rings. The maximum atomic E-state index is 12.0. The van der Waals surface area contributed by atoms with E-state index in [9.17, 15) is 4.79 Å². The van der Waals surface area contributed by atoms with Crippen LogP contribution in [0.4, 0.5) is 0 Å². The van der Waals surface area contributed by atoms with Crippen LogP contribution in [-0.2, 0) is 11.2 Å². The van der Waals surface area contributed by atoms with E-state index >= 15 is 0 Å². The average molecular weight is 348 g/mol. The molecule has 26 heavy (non-hydrogen) atoms. The van der Waals surface area contributed by atoms with E-state index in [0.717, 1.165) is 33.4 Å². The molecule has 3 aromatic rings. The van der Waals surface area contributed by atoms with Gasteiger partial charge in [0.15, 0.2) is 0 Å². The Balaban J connectivity index is 1.68. The summed E-state index contributed by atoms with van der Waals surface area (Å²) in [6.45, 7) is 0. The third-order valence-electron chi connectivity index (χ3n) is 4.05. The first-order valence-corrected chi connectivity index (χ1v) is 8.22. The van der Waals surface area contributed by atoms with E-state index in [-0.39, 0.29) is 12.3 Å². The highest BCUT2D eigenvalue weighted by atomic mass is 16.5. The number of amides is 1. The summed E-state index contributed by atoms with van der Waals surface area (Å²) in [5, 5.41) is 6.10.